The highest BCUT2D eigenvalue weighted by molar-refractivity contribution is 6.06. The van der Waals surface area contributed by atoms with E-state index in [1.54, 1.807) is 4.90 Å². The molecule has 1 aromatic heterocycles. The van der Waals surface area contributed by atoms with Gasteiger partial charge in [-0.15, -0.1) is 12.4 Å². The number of nitrogens with zero attached hydrogens (tertiary/aromatic N) is 2. The van der Waals surface area contributed by atoms with Crippen LogP contribution < -0.4 is 10.9 Å². The molecule has 1 aromatic carbocycles. The summed E-state index contributed by atoms with van der Waals surface area (Å²) in [4.78, 5) is 39.0. The van der Waals surface area contributed by atoms with Crippen LogP contribution in [0.4, 0.5) is 5.69 Å². The van der Waals surface area contributed by atoms with Gasteiger partial charge in [0, 0.05) is 55.3 Å². The monoisotopic (exact) mass is 338 g/mol. The maximum Gasteiger partial charge on any atom is 0.270 e. The number of rotatable bonds is 2. The van der Waals surface area contributed by atoms with E-state index in [1.165, 1.54) is 24.3 Å². The number of amides is 1. The van der Waals surface area contributed by atoms with Gasteiger partial charge in [-0.2, -0.15) is 0 Å². The Balaban J connectivity index is 0.00000192. The lowest BCUT2D eigenvalue weighted by atomic mass is 10.1. The van der Waals surface area contributed by atoms with Gasteiger partial charge in [0.1, 0.15) is 0 Å². The number of carbonyl (C=O) groups excluding carboxylic acids is 1. The Morgan fingerprint density at radius 2 is 1.91 bits per heavy atom. The van der Waals surface area contributed by atoms with Crippen molar-refractivity contribution in [2.75, 3.05) is 26.2 Å². The molecule has 0 spiro atoms. The van der Waals surface area contributed by atoms with Crippen LogP contribution in [0.3, 0.4) is 0 Å². The topological polar surface area (TPSA) is 108 Å². The third kappa shape index (κ3) is 3.33. The van der Waals surface area contributed by atoms with Crippen LogP contribution in [0.2, 0.25) is 0 Å². The van der Waals surface area contributed by atoms with E-state index >= 15 is 0 Å². The summed E-state index contributed by atoms with van der Waals surface area (Å²) in [5, 5.41) is 14.5. The summed E-state index contributed by atoms with van der Waals surface area (Å²) >= 11 is 0. The Morgan fingerprint density at radius 1 is 1.22 bits per heavy atom. The van der Waals surface area contributed by atoms with Crippen LogP contribution in [0.5, 0.6) is 0 Å². The largest absolute Gasteiger partial charge is 0.336 e. The molecule has 0 unspecified atom stereocenters. The second-order valence-electron chi connectivity index (χ2n) is 5.08. The molecule has 8 nitrogen and oxygen atoms in total. The van der Waals surface area contributed by atoms with Gasteiger partial charge in [0.25, 0.3) is 11.6 Å². The van der Waals surface area contributed by atoms with E-state index in [4.69, 9.17) is 0 Å². The van der Waals surface area contributed by atoms with Gasteiger partial charge in [0.2, 0.25) is 5.56 Å². The third-order valence-corrected chi connectivity index (χ3v) is 3.67. The molecule has 0 saturated carbocycles. The van der Waals surface area contributed by atoms with E-state index in [-0.39, 0.29) is 29.6 Å². The van der Waals surface area contributed by atoms with E-state index in [2.05, 4.69) is 10.3 Å². The molecule has 2 aromatic rings. The number of nitro benzene ring substituents is 1. The molecule has 0 radical (unpaired) electrons. The number of piperazine rings is 1. The molecule has 2 N–H and O–H groups in total. The smallest absolute Gasteiger partial charge is 0.270 e. The SMILES string of the molecule is Cl.O=C(c1cc(=O)[nH]c2ccc([N+](=O)[O-])cc12)N1CCNCC1. The minimum absolute atomic E-state index is 0. The average molecular weight is 339 g/mol. The number of carbonyl (C=O) groups is 1. The highest BCUT2D eigenvalue weighted by Gasteiger charge is 2.21. The zero-order chi connectivity index (χ0) is 15.7. The summed E-state index contributed by atoms with van der Waals surface area (Å²) in [5.74, 6) is -0.280. The molecule has 1 aliphatic rings. The highest BCUT2D eigenvalue weighted by atomic mass is 35.5. The quantitative estimate of drug-likeness (QED) is 0.625. The average Bonchev–Trinajstić information content (AvgIpc) is 2.53. The molecule has 2 heterocycles. The van der Waals surface area contributed by atoms with Crippen LogP contribution in [-0.2, 0) is 0 Å². The van der Waals surface area contributed by atoms with Crippen LogP contribution in [-0.4, -0.2) is 46.9 Å². The standard InChI is InChI=1S/C14H14N4O4.ClH/c19-13-8-11(14(20)17-5-3-15-4-6-17)10-7-9(18(21)22)1-2-12(10)16-13;/h1-2,7-8,15H,3-6H2,(H,16,19);1H. The first-order chi connectivity index (χ1) is 10.6. The minimum atomic E-state index is -0.524. The summed E-state index contributed by atoms with van der Waals surface area (Å²) in [6.07, 6.45) is 0. The maximum absolute atomic E-state index is 12.6. The zero-order valence-corrected chi connectivity index (χ0v) is 12.9. The number of non-ortho nitro benzene ring substituents is 1. The first-order valence-electron chi connectivity index (χ1n) is 6.88. The Kier molecular flexibility index (Phi) is 4.97. The van der Waals surface area contributed by atoms with Crippen molar-refractivity contribution in [3.8, 4) is 0 Å². The molecule has 0 bridgehead atoms. The first-order valence-corrected chi connectivity index (χ1v) is 6.88. The van der Waals surface area contributed by atoms with Crippen LogP contribution >= 0.6 is 12.4 Å². The van der Waals surface area contributed by atoms with Gasteiger partial charge in [-0.1, -0.05) is 0 Å². The fourth-order valence-corrected chi connectivity index (χ4v) is 2.57. The number of benzene rings is 1. The summed E-state index contributed by atoms with van der Waals surface area (Å²) in [5.41, 5.74) is 0.0923. The van der Waals surface area contributed by atoms with Gasteiger partial charge >= 0.3 is 0 Å². The van der Waals surface area contributed by atoms with Crippen LogP contribution in [0.25, 0.3) is 10.9 Å². The molecule has 1 amide bonds. The van der Waals surface area contributed by atoms with E-state index in [9.17, 15) is 19.7 Å². The summed E-state index contributed by atoms with van der Waals surface area (Å²) in [7, 11) is 0. The number of fused-ring (bicyclic) bond motifs is 1. The predicted octanol–water partition coefficient (Wildman–Crippen LogP) is 0.903. The first kappa shape index (κ1) is 16.9. The van der Waals surface area contributed by atoms with Gasteiger partial charge in [0.05, 0.1) is 10.5 Å². The Morgan fingerprint density at radius 3 is 2.57 bits per heavy atom. The Bertz CT molecular complexity index is 814. The van der Waals surface area contributed by atoms with Crippen molar-refractivity contribution >= 4 is 34.9 Å². The summed E-state index contributed by atoms with van der Waals surface area (Å²) in [6, 6.07) is 5.28. The number of pyridine rings is 1. The minimum Gasteiger partial charge on any atom is -0.336 e. The molecule has 1 saturated heterocycles. The van der Waals surface area contributed by atoms with Gasteiger partial charge < -0.3 is 15.2 Å². The number of halogens is 1. The number of nitro groups is 1. The van der Waals surface area contributed by atoms with Crippen molar-refractivity contribution in [1.82, 2.24) is 15.2 Å². The second kappa shape index (κ2) is 6.76. The molecule has 0 atom stereocenters. The van der Waals surface area contributed by atoms with Crippen molar-refractivity contribution in [2.24, 2.45) is 0 Å². The highest BCUT2D eigenvalue weighted by Crippen LogP contribution is 2.22. The van der Waals surface area contributed by atoms with Crippen molar-refractivity contribution in [3.63, 3.8) is 0 Å². The summed E-state index contributed by atoms with van der Waals surface area (Å²) < 4.78 is 0. The molecular formula is C14H15ClN4O4. The maximum atomic E-state index is 12.6. The molecule has 0 aliphatic carbocycles. The Labute approximate surface area is 137 Å². The zero-order valence-electron chi connectivity index (χ0n) is 12.1. The van der Waals surface area contributed by atoms with Crippen molar-refractivity contribution in [1.29, 1.82) is 0 Å². The fraction of sp³-hybridized carbons (Fsp3) is 0.286. The van der Waals surface area contributed by atoms with E-state index in [0.29, 0.717) is 37.1 Å². The second-order valence-corrected chi connectivity index (χ2v) is 5.08. The van der Waals surface area contributed by atoms with E-state index in [0.717, 1.165) is 0 Å². The van der Waals surface area contributed by atoms with Gasteiger partial charge in [-0.3, -0.25) is 19.7 Å². The lowest BCUT2D eigenvalue weighted by molar-refractivity contribution is -0.384. The molecular weight excluding hydrogens is 324 g/mol. The number of aromatic amines is 1. The molecule has 1 fully saturated rings. The van der Waals surface area contributed by atoms with Gasteiger partial charge in [-0.05, 0) is 6.07 Å². The molecule has 3 rings (SSSR count). The van der Waals surface area contributed by atoms with Crippen molar-refractivity contribution < 1.29 is 9.72 Å². The van der Waals surface area contributed by atoms with E-state index < -0.39 is 10.5 Å². The number of aromatic nitrogens is 1. The molecule has 122 valence electrons. The van der Waals surface area contributed by atoms with Gasteiger partial charge in [0.15, 0.2) is 0 Å². The van der Waals surface area contributed by atoms with Gasteiger partial charge in [-0.25, -0.2) is 0 Å². The number of hydrogen-bond donors (Lipinski definition) is 2. The van der Waals surface area contributed by atoms with Crippen molar-refractivity contribution in [3.05, 3.63) is 50.3 Å². The van der Waals surface area contributed by atoms with Crippen LogP contribution in [0, 0.1) is 10.1 Å². The lowest BCUT2D eigenvalue weighted by Crippen LogP contribution is -2.46. The lowest BCUT2D eigenvalue weighted by Gasteiger charge is -2.27. The predicted molar refractivity (Wildman–Crippen MR) is 87.2 cm³/mol. The fourth-order valence-electron chi connectivity index (χ4n) is 2.57. The third-order valence-electron chi connectivity index (χ3n) is 3.67. The molecule has 1 aliphatic heterocycles. The van der Waals surface area contributed by atoms with Crippen LogP contribution in [0.1, 0.15) is 10.4 Å². The molecule has 9 heteroatoms. The number of nitrogens with one attached hydrogen (secondary N) is 2. The van der Waals surface area contributed by atoms with E-state index in [1.807, 2.05) is 0 Å². The molecule has 23 heavy (non-hydrogen) atoms. The number of hydrogen-bond acceptors (Lipinski definition) is 5. The Hall–Kier alpha value is -2.45. The normalized spacial score (nSPS) is 14.3. The van der Waals surface area contributed by atoms with Crippen molar-refractivity contribution in [2.45, 2.75) is 0 Å². The number of H-pyrrole nitrogens is 1. The summed E-state index contributed by atoms with van der Waals surface area (Å²) in [6.45, 7) is 2.46. The van der Waals surface area contributed by atoms with Crippen LogP contribution in [0.15, 0.2) is 29.1 Å².